The van der Waals surface area contributed by atoms with Crippen LogP contribution in [-0.2, 0) is 6.42 Å². The van der Waals surface area contributed by atoms with Crippen LogP contribution < -0.4 is 9.47 Å². The smallest absolute Gasteiger partial charge is 0.166 e. The highest BCUT2D eigenvalue weighted by Gasteiger charge is 2.34. The Morgan fingerprint density at radius 3 is 2.48 bits per heavy atom. The van der Waals surface area contributed by atoms with Crippen LogP contribution in [0.4, 0.5) is 0 Å². The molecule has 1 aromatic rings. The number of ketones is 1. The van der Waals surface area contributed by atoms with Crippen LogP contribution in [0.25, 0.3) is 0 Å². The summed E-state index contributed by atoms with van der Waals surface area (Å²) in [6, 6.07) is 3.85. The number of allylic oxidation sites excluding steroid dienone is 2. The molecule has 2 aliphatic rings. The first-order valence-corrected chi connectivity index (χ1v) is 10.9. The lowest BCUT2D eigenvalue weighted by Gasteiger charge is -2.33. The highest BCUT2D eigenvalue weighted by atomic mass is 16.5. The van der Waals surface area contributed by atoms with Gasteiger partial charge in [0.05, 0.1) is 14.2 Å². The number of likely N-dealkylation sites (tertiary alicyclic amines) is 1. The summed E-state index contributed by atoms with van der Waals surface area (Å²) >= 11 is 0. The quantitative estimate of drug-likeness (QED) is 0.574. The molecule has 0 spiro atoms. The van der Waals surface area contributed by atoms with Crippen LogP contribution in [0.2, 0.25) is 0 Å². The van der Waals surface area contributed by atoms with Crippen molar-refractivity contribution in [1.29, 1.82) is 0 Å². The van der Waals surface area contributed by atoms with E-state index in [0.29, 0.717) is 17.4 Å². The maximum Gasteiger partial charge on any atom is 0.166 e. The number of hydrogen-bond acceptors (Lipinski definition) is 4. The Balaban J connectivity index is 1.54. The van der Waals surface area contributed by atoms with E-state index in [4.69, 9.17) is 9.47 Å². The van der Waals surface area contributed by atoms with E-state index in [9.17, 15) is 4.79 Å². The van der Waals surface area contributed by atoms with E-state index in [1.54, 1.807) is 14.2 Å². The van der Waals surface area contributed by atoms with Crippen molar-refractivity contribution in [2.45, 2.75) is 46.0 Å². The zero-order valence-corrected chi connectivity index (χ0v) is 18.4. The second-order valence-electron chi connectivity index (χ2n) is 8.26. The molecule has 0 N–H and O–H groups in total. The molecule has 3 rings (SSSR count). The highest BCUT2D eigenvalue weighted by Crippen LogP contribution is 2.39. The molecule has 1 aliphatic heterocycles. The van der Waals surface area contributed by atoms with Gasteiger partial charge in [-0.2, -0.15) is 0 Å². The number of carbonyl (C=O) groups excluding carboxylic acids is 1. The Bertz CT molecular complexity index is 773. The van der Waals surface area contributed by atoms with Gasteiger partial charge in [-0.15, -0.1) is 0 Å². The van der Waals surface area contributed by atoms with Gasteiger partial charge in [-0.3, -0.25) is 9.69 Å². The van der Waals surface area contributed by atoms with E-state index in [2.05, 4.69) is 37.0 Å². The van der Waals surface area contributed by atoms with Crippen molar-refractivity contribution in [3.63, 3.8) is 0 Å². The first-order valence-electron chi connectivity index (χ1n) is 10.9. The number of rotatable bonds is 8. The summed E-state index contributed by atoms with van der Waals surface area (Å²) in [4.78, 5) is 15.5. The van der Waals surface area contributed by atoms with Crippen LogP contribution in [0.1, 0.15) is 55.5 Å². The second-order valence-corrected chi connectivity index (χ2v) is 8.26. The first-order chi connectivity index (χ1) is 14.1. The maximum absolute atomic E-state index is 13.0. The number of piperidine rings is 1. The Labute approximate surface area is 175 Å². The van der Waals surface area contributed by atoms with Gasteiger partial charge in [-0.25, -0.2) is 0 Å². The molecule has 158 valence electrons. The van der Waals surface area contributed by atoms with Gasteiger partial charge in [0.15, 0.2) is 17.3 Å². The Hall–Kier alpha value is -2.07. The van der Waals surface area contributed by atoms with E-state index in [0.717, 1.165) is 50.0 Å². The molecule has 1 unspecified atom stereocenters. The van der Waals surface area contributed by atoms with Crippen molar-refractivity contribution in [3.05, 3.63) is 47.1 Å². The highest BCUT2D eigenvalue weighted by molar-refractivity contribution is 6.02. The minimum absolute atomic E-state index is 0.108. The fraction of sp³-hybridized carbons (Fsp3) is 0.560. The van der Waals surface area contributed by atoms with Crippen molar-refractivity contribution < 1.29 is 14.3 Å². The summed E-state index contributed by atoms with van der Waals surface area (Å²) in [5.74, 6) is 2.38. The molecule has 0 aromatic heterocycles. The van der Waals surface area contributed by atoms with Crippen LogP contribution in [0, 0.1) is 11.8 Å². The SMILES string of the molecule is C/C=C(\C=C/CC)CN1CCC(CC2Cc3cc(OC)c(OC)cc3C2=O)CC1. The van der Waals surface area contributed by atoms with Crippen molar-refractivity contribution in [2.24, 2.45) is 11.8 Å². The number of Topliss-reactive ketones (excluding diaryl/α,β-unsaturated/α-hetero) is 1. The van der Waals surface area contributed by atoms with Crippen molar-refractivity contribution in [1.82, 2.24) is 4.90 Å². The van der Waals surface area contributed by atoms with E-state index in [1.807, 2.05) is 12.1 Å². The molecule has 0 bridgehead atoms. The predicted octanol–water partition coefficient (Wildman–Crippen LogP) is 5.07. The number of ether oxygens (including phenoxy) is 2. The lowest BCUT2D eigenvalue weighted by atomic mass is 9.85. The first kappa shape index (κ1) is 21.6. The second kappa shape index (κ2) is 10.1. The number of carbonyl (C=O) groups is 1. The standard InChI is InChI=1S/C25H35NO3/c1-5-7-8-18(6-2)17-26-11-9-19(10-12-26)13-21-14-20-15-23(28-3)24(29-4)16-22(20)25(21)27/h6-8,15-16,19,21H,5,9-14,17H2,1-4H3/b8-7-,18-6+. The molecule has 0 radical (unpaired) electrons. The minimum atomic E-state index is 0.108. The summed E-state index contributed by atoms with van der Waals surface area (Å²) in [7, 11) is 3.26. The lowest BCUT2D eigenvalue weighted by Crippen LogP contribution is -2.35. The third-order valence-corrected chi connectivity index (χ3v) is 6.38. The van der Waals surface area contributed by atoms with Crippen molar-refractivity contribution in [2.75, 3.05) is 33.9 Å². The zero-order chi connectivity index (χ0) is 20.8. The van der Waals surface area contributed by atoms with Gasteiger partial charge in [0.1, 0.15) is 0 Å². The van der Waals surface area contributed by atoms with E-state index in [-0.39, 0.29) is 11.7 Å². The molecule has 4 nitrogen and oxygen atoms in total. The van der Waals surface area contributed by atoms with E-state index >= 15 is 0 Å². The molecule has 1 saturated heterocycles. The number of methoxy groups -OCH3 is 2. The summed E-state index contributed by atoms with van der Waals surface area (Å²) in [6.45, 7) is 7.57. The molecule has 1 heterocycles. The van der Waals surface area contributed by atoms with Crippen LogP contribution in [0.15, 0.2) is 35.9 Å². The Kier molecular flexibility index (Phi) is 7.54. The van der Waals surface area contributed by atoms with Crippen LogP contribution >= 0.6 is 0 Å². The molecule has 1 atom stereocenters. The van der Waals surface area contributed by atoms with Crippen LogP contribution in [0.5, 0.6) is 11.5 Å². The average molecular weight is 398 g/mol. The number of benzene rings is 1. The summed E-state index contributed by atoms with van der Waals surface area (Å²) < 4.78 is 10.8. The third kappa shape index (κ3) is 5.11. The molecule has 0 saturated carbocycles. The van der Waals surface area contributed by atoms with Crippen LogP contribution in [0.3, 0.4) is 0 Å². The third-order valence-electron chi connectivity index (χ3n) is 6.38. The largest absolute Gasteiger partial charge is 0.493 e. The lowest BCUT2D eigenvalue weighted by molar-refractivity contribution is 0.0900. The maximum atomic E-state index is 13.0. The Morgan fingerprint density at radius 2 is 1.86 bits per heavy atom. The molecule has 0 amide bonds. The summed E-state index contributed by atoms with van der Waals surface area (Å²) in [5, 5.41) is 0. The number of nitrogens with zero attached hydrogens (tertiary/aromatic N) is 1. The van der Waals surface area contributed by atoms with Crippen LogP contribution in [-0.4, -0.2) is 44.5 Å². The van der Waals surface area contributed by atoms with Gasteiger partial charge in [0, 0.05) is 18.0 Å². The molecule has 1 fully saturated rings. The summed E-state index contributed by atoms with van der Waals surface area (Å²) in [5.41, 5.74) is 3.33. The monoisotopic (exact) mass is 397 g/mol. The average Bonchev–Trinajstić information content (AvgIpc) is 3.05. The Morgan fingerprint density at radius 1 is 1.17 bits per heavy atom. The molecule has 29 heavy (non-hydrogen) atoms. The molecule has 4 heteroatoms. The van der Waals surface area contributed by atoms with E-state index < -0.39 is 0 Å². The van der Waals surface area contributed by atoms with Gasteiger partial charge in [-0.05, 0) is 81.3 Å². The zero-order valence-electron chi connectivity index (χ0n) is 18.4. The predicted molar refractivity (Wildman–Crippen MR) is 118 cm³/mol. The topological polar surface area (TPSA) is 38.8 Å². The fourth-order valence-electron chi connectivity index (χ4n) is 4.64. The normalized spacial score (nSPS) is 21.0. The number of fused-ring (bicyclic) bond motifs is 1. The van der Waals surface area contributed by atoms with Gasteiger partial charge in [0.25, 0.3) is 0 Å². The summed E-state index contributed by atoms with van der Waals surface area (Å²) in [6.07, 6.45) is 12.0. The van der Waals surface area contributed by atoms with Crippen molar-refractivity contribution >= 4 is 5.78 Å². The minimum Gasteiger partial charge on any atom is -0.493 e. The van der Waals surface area contributed by atoms with Gasteiger partial charge >= 0.3 is 0 Å². The van der Waals surface area contributed by atoms with Gasteiger partial charge < -0.3 is 9.47 Å². The molecule has 1 aliphatic carbocycles. The van der Waals surface area contributed by atoms with Crippen molar-refractivity contribution in [3.8, 4) is 11.5 Å². The van der Waals surface area contributed by atoms with Gasteiger partial charge in [-0.1, -0.05) is 25.2 Å². The van der Waals surface area contributed by atoms with E-state index in [1.165, 1.54) is 18.4 Å². The van der Waals surface area contributed by atoms with Gasteiger partial charge in [0.2, 0.25) is 0 Å². The molecular weight excluding hydrogens is 362 g/mol. The fourth-order valence-corrected chi connectivity index (χ4v) is 4.64. The number of hydrogen-bond donors (Lipinski definition) is 0. The molecular formula is C25H35NO3. The molecule has 1 aromatic carbocycles.